The van der Waals surface area contributed by atoms with Gasteiger partial charge < -0.3 is 15.2 Å². The molecule has 0 fully saturated rings. The van der Waals surface area contributed by atoms with E-state index in [1.54, 1.807) is 6.07 Å². The number of carbonyl (C=O) groups is 1. The summed E-state index contributed by atoms with van der Waals surface area (Å²) in [6.07, 6.45) is 3.53. The molecule has 1 aromatic heterocycles. The standard InChI is InChI=1S/C22H18N2O3/c25-21-15(10-9-14-5-1-2-7-18(14)21)12-24-20(22(26)27)11-16-13-23-19-8-4-3-6-17(16)19/h1-10,12-13,20,23,25H,11H2,(H,26,27)/t20-/m0/s1. The lowest BCUT2D eigenvalue weighted by Crippen LogP contribution is -2.20. The first-order chi connectivity index (χ1) is 13.1. The number of aromatic nitrogens is 1. The van der Waals surface area contributed by atoms with Gasteiger partial charge in [0.05, 0.1) is 0 Å². The zero-order chi connectivity index (χ0) is 18.8. The number of phenols is 1. The van der Waals surface area contributed by atoms with Crippen LogP contribution in [0.3, 0.4) is 0 Å². The van der Waals surface area contributed by atoms with Gasteiger partial charge in [-0.25, -0.2) is 4.79 Å². The minimum Gasteiger partial charge on any atom is -0.507 e. The van der Waals surface area contributed by atoms with E-state index in [4.69, 9.17) is 0 Å². The number of carboxylic acid groups (broad SMARTS) is 1. The summed E-state index contributed by atoms with van der Waals surface area (Å²) in [7, 11) is 0. The highest BCUT2D eigenvalue weighted by molar-refractivity contribution is 5.97. The Labute approximate surface area is 155 Å². The lowest BCUT2D eigenvalue weighted by molar-refractivity contribution is -0.138. The van der Waals surface area contributed by atoms with Gasteiger partial charge in [0.1, 0.15) is 5.75 Å². The number of aromatic amines is 1. The molecule has 0 saturated carbocycles. The van der Waals surface area contributed by atoms with Gasteiger partial charge in [-0.2, -0.15) is 0 Å². The second-order valence-corrected chi connectivity index (χ2v) is 6.42. The highest BCUT2D eigenvalue weighted by Crippen LogP contribution is 2.27. The molecule has 0 amide bonds. The number of aliphatic imine (C=N–C) groups is 1. The highest BCUT2D eigenvalue weighted by Gasteiger charge is 2.18. The van der Waals surface area contributed by atoms with Gasteiger partial charge in [-0.15, -0.1) is 0 Å². The van der Waals surface area contributed by atoms with Gasteiger partial charge in [-0.05, 0) is 23.1 Å². The van der Waals surface area contributed by atoms with E-state index in [-0.39, 0.29) is 12.2 Å². The third-order valence-corrected chi connectivity index (χ3v) is 4.70. The third-order valence-electron chi connectivity index (χ3n) is 4.70. The predicted molar refractivity (Wildman–Crippen MR) is 107 cm³/mol. The summed E-state index contributed by atoms with van der Waals surface area (Å²) in [6, 6.07) is 17.9. The Balaban J connectivity index is 1.64. The summed E-state index contributed by atoms with van der Waals surface area (Å²) in [5.41, 5.74) is 2.37. The molecule has 1 heterocycles. The Kier molecular flexibility index (Phi) is 4.34. The Hall–Kier alpha value is -3.60. The van der Waals surface area contributed by atoms with Crippen molar-refractivity contribution in [2.75, 3.05) is 0 Å². The summed E-state index contributed by atoms with van der Waals surface area (Å²) in [5.74, 6) is -0.898. The summed E-state index contributed by atoms with van der Waals surface area (Å²) in [4.78, 5) is 19.1. The smallest absolute Gasteiger partial charge is 0.328 e. The molecule has 0 unspecified atom stereocenters. The number of aromatic hydroxyl groups is 1. The number of aliphatic carboxylic acids is 1. The van der Waals surface area contributed by atoms with Crippen LogP contribution in [0.15, 0.2) is 71.9 Å². The van der Waals surface area contributed by atoms with E-state index in [1.807, 2.05) is 60.8 Å². The van der Waals surface area contributed by atoms with Crippen LogP contribution in [0.2, 0.25) is 0 Å². The lowest BCUT2D eigenvalue weighted by Gasteiger charge is -2.08. The van der Waals surface area contributed by atoms with E-state index in [0.717, 1.165) is 21.9 Å². The fourth-order valence-corrected chi connectivity index (χ4v) is 3.26. The fraction of sp³-hybridized carbons (Fsp3) is 0.0909. The van der Waals surface area contributed by atoms with Crippen molar-refractivity contribution >= 4 is 33.9 Å². The Bertz CT molecular complexity index is 1160. The number of H-pyrrole nitrogens is 1. The van der Waals surface area contributed by atoms with Crippen LogP contribution in [-0.2, 0) is 11.2 Å². The zero-order valence-electron chi connectivity index (χ0n) is 14.5. The number of para-hydroxylation sites is 1. The number of rotatable bonds is 5. The third kappa shape index (κ3) is 3.27. The topological polar surface area (TPSA) is 85.7 Å². The highest BCUT2D eigenvalue weighted by atomic mass is 16.4. The molecule has 0 aliphatic rings. The van der Waals surface area contributed by atoms with E-state index in [2.05, 4.69) is 9.98 Å². The van der Waals surface area contributed by atoms with Gasteiger partial charge in [-0.3, -0.25) is 4.99 Å². The van der Waals surface area contributed by atoms with Crippen LogP contribution in [-0.4, -0.2) is 33.4 Å². The van der Waals surface area contributed by atoms with Crippen LogP contribution in [0.25, 0.3) is 21.7 Å². The molecule has 3 N–H and O–H groups in total. The molecule has 5 heteroatoms. The fourth-order valence-electron chi connectivity index (χ4n) is 3.26. The first-order valence-corrected chi connectivity index (χ1v) is 8.65. The minimum absolute atomic E-state index is 0.105. The molecule has 0 radical (unpaired) electrons. The van der Waals surface area contributed by atoms with E-state index in [1.165, 1.54) is 6.21 Å². The Morgan fingerprint density at radius 3 is 2.59 bits per heavy atom. The van der Waals surface area contributed by atoms with Gasteiger partial charge in [0.25, 0.3) is 0 Å². The lowest BCUT2D eigenvalue weighted by atomic mass is 10.0. The molecule has 0 saturated heterocycles. The maximum absolute atomic E-state index is 11.7. The predicted octanol–water partition coefficient (Wildman–Crippen LogP) is 4.14. The molecular formula is C22H18N2O3. The molecule has 4 aromatic rings. The largest absolute Gasteiger partial charge is 0.507 e. The number of phenolic OH excluding ortho intramolecular Hbond substituents is 1. The second-order valence-electron chi connectivity index (χ2n) is 6.42. The summed E-state index contributed by atoms with van der Waals surface area (Å²) < 4.78 is 0. The van der Waals surface area contributed by atoms with Gasteiger partial charge in [0.2, 0.25) is 0 Å². The molecule has 134 valence electrons. The quantitative estimate of drug-likeness (QED) is 0.469. The molecule has 0 aliphatic carbocycles. The van der Waals surface area contributed by atoms with Crippen molar-refractivity contribution in [3.63, 3.8) is 0 Å². The molecule has 5 nitrogen and oxygen atoms in total. The normalized spacial score (nSPS) is 12.7. The number of nitrogens with zero attached hydrogens (tertiary/aromatic N) is 1. The SMILES string of the molecule is O=C(O)[C@H](Cc1c[nH]c2ccccc12)N=Cc1ccc2ccccc2c1O. The first kappa shape index (κ1) is 16.8. The average Bonchev–Trinajstić information content (AvgIpc) is 3.09. The minimum atomic E-state index is -1.00. The van der Waals surface area contributed by atoms with Crippen LogP contribution in [0, 0.1) is 0 Å². The van der Waals surface area contributed by atoms with Gasteiger partial charge in [0, 0.05) is 40.7 Å². The van der Waals surface area contributed by atoms with Crippen molar-refractivity contribution in [3.05, 3.63) is 78.0 Å². The van der Waals surface area contributed by atoms with Crippen molar-refractivity contribution in [1.82, 2.24) is 4.98 Å². The monoisotopic (exact) mass is 358 g/mol. The molecule has 1 atom stereocenters. The van der Waals surface area contributed by atoms with E-state index in [0.29, 0.717) is 10.9 Å². The molecule has 3 aromatic carbocycles. The van der Waals surface area contributed by atoms with Crippen molar-refractivity contribution in [3.8, 4) is 5.75 Å². The summed E-state index contributed by atoms with van der Waals surface area (Å²) in [5, 5.41) is 22.7. The van der Waals surface area contributed by atoms with E-state index < -0.39 is 12.0 Å². The number of nitrogens with one attached hydrogen (secondary N) is 1. The van der Waals surface area contributed by atoms with Crippen LogP contribution in [0.5, 0.6) is 5.75 Å². The number of benzene rings is 3. The van der Waals surface area contributed by atoms with E-state index in [9.17, 15) is 15.0 Å². The summed E-state index contributed by atoms with van der Waals surface area (Å²) >= 11 is 0. The Morgan fingerprint density at radius 1 is 1.04 bits per heavy atom. The van der Waals surface area contributed by atoms with Crippen LogP contribution < -0.4 is 0 Å². The van der Waals surface area contributed by atoms with Gasteiger partial charge in [0.15, 0.2) is 6.04 Å². The molecule has 0 aliphatic heterocycles. The molecule has 4 rings (SSSR count). The maximum Gasteiger partial charge on any atom is 0.328 e. The van der Waals surface area contributed by atoms with Crippen LogP contribution >= 0.6 is 0 Å². The summed E-state index contributed by atoms with van der Waals surface area (Å²) in [6.45, 7) is 0. The molecule has 0 bridgehead atoms. The second kappa shape index (κ2) is 6.96. The van der Waals surface area contributed by atoms with Crippen molar-refractivity contribution in [2.45, 2.75) is 12.5 Å². The number of carboxylic acids is 1. The zero-order valence-corrected chi connectivity index (χ0v) is 14.5. The molecular weight excluding hydrogens is 340 g/mol. The van der Waals surface area contributed by atoms with E-state index >= 15 is 0 Å². The molecule has 0 spiro atoms. The van der Waals surface area contributed by atoms with Crippen molar-refractivity contribution in [2.24, 2.45) is 4.99 Å². The van der Waals surface area contributed by atoms with Gasteiger partial charge in [-0.1, -0.05) is 48.5 Å². The van der Waals surface area contributed by atoms with Gasteiger partial charge >= 0.3 is 5.97 Å². The molecule has 27 heavy (non-hydrogen) atoms. The van der Waals surface area contributed by atoms with Crippen molar-refractivity contribution < 1.29 is 15.0 Å². The van der Waals surface area contributed by atoms with Crippen molar-refractivity contribution in [1.29, 1.82) is 0 Å². The first-order valence-electron chi connectivity index (χ1n) is 8.65. The number of hydrogen-bond donors (Lipinski definition) is 3. The number of hydrogen-bond acceptors (Lipinski definition) is 3. The van der Waals surface area contributed by atoms with Crippen LogP contribution in [0.1, 0.15) is 11.1 Å². The number of fused-ring (bicyclic) bond motifs is 2. The van der Waals surface area contributed by atoms with Crippen LogP contribution in [0.4, 0.5) is 0 Å². The maximum atomic E-state index is 11.7. The Morgan fingerprint density at radius 2 is 1.78 bits per heavy atom. The average molecular weight is 358 g/mol.